The van der Waals surface area contributed by atoms with E-state index in [9.17, 15) is 0 Å². The number of nitrogens with two attached hydrogens (primary N) is 1. The molecule has 0 spiro atoms. The molecule has 0 atom stereocenters. The lowest BCUT2D eigenvalue weighted by Crippen LogP contribution is -1.70. The lowest BCUT2D eigenvalue weighted by Gasteiger charge is -1.70. The van der Waals surface area contributed by atoms with Gasteiger partial charge in [0.15, 0.2) is 0 Å². The van der Waals surface area contributed by atoms with Crippen molar-refractivity contribution < 1.29 is 5.21 Å². The first-order chi connectivity index (χ1) is 21.9. The summed E-state index contributed by atoms with van der Waals surface area (Å²) < 4.78 is 0. The van der Waals surface area contributed by atoms with Gasteiger partial charge in [0.2, 0.25) is 0 Å². The van der Waals surface area contributed by atoms with Gasteiger partial charge in [-0.25, -0.2) is 0 Å². The fraction of sp³-hybridized carbons (Fsp3) is 0. The van der Waals surface area contributed by atoms with Gasteiger partial charge in [-0.15, -0.1) is 0 Å². The van der Waals surface area contributed by atoms with Crippen molar-refractivity contribution in [3.05, 3.63) is 0 Å². The van der Waals surface area contributed by atoms with E-state index in [1.165, 1.54) is 0 Å². The van der Waals surface area contributed by atoms with E-state index in [4.69, 9.17) is 5.21 Å². The lowest BCUT2D eigenvalue weighted by atomic mass is 12.3. The van der Waals surface area contributed by atoms with Crippen molar-refractivity contribution in [3.8, 4) is 0 Å². The van der Waals surface area contributed by atoms with Crippen LogP contribution in [0.5, 0.6) is 0 Å². The summed E-state index contributed by atoms with van der Waals surface area (Å²) in [5, 5.41) is 131. The van der Waals surface area contributed by atoms with E-state index in [-0.39, 0.29) is 0 Å². The van der Waals surface area contributed by atoms with Crippen molar-refractivity contribution in [3.63, 3.8) is 0 Å². The zero-order valence-electron chi connectivity index (χ0n) is 19.8. The quantitative estimate of drug-likeness (QED) is 0.0819. The van der Waals surface area contributed by atoms with Gasteiger partial charge >= 0.3 is 0 Å². The maximum absolute atomic E-state index is 7.87. The minimum atomic E-state index is 2.25. The normalized spacial score (nSPS) is 15.4. The first kappa shape index (κ1) is 35.2. The Kier molecular flexibility index (Phi) is 27.4. The number of nitrogens with zero attached hydrogens (tertiary/aromatic N) is 42. The monoisotopic (exact) mass is 621 g/mol. The van der Waals surface area contributed by atoms with Gasteiger partial charge in [-0.2, -0.15) is 0 Å². The van der Waals surface area contributed by atoms with Crippen molar-refractivity contribution >= 4 is 0 Å². The fourth-order valence-electron chi connectivity index (χ4n) is 0.721. The van der Waals surface area contributed by atoms with E-state index in [1.54, 1.807) is 0 Å². The molecular weight excluding hydrogens is 618 g/mol. The molecule has 0 radical (unpaired) electrons. The van der Waals surface area contributed by atoms with E-state index in [2.05, 4.69) is 225 Å². The first-order valence-electron chi connectivity index (χ1n) is 8.66. The topological polar surface area (TPSA) is 565 Å². The molecule has 0 saturated carbocycles. The molecule has 44 nitrogen and oxygen atoms in total. The molecule has 0 unspecified atom stereocenters. The van der Waals surface area contributed by atoms with Gasteiger partial charge in [0.1, 0.15) is 0 Å². The van der Waals surface area contributed by atoms with Crippen molar-refractivity contribution in [2.75, 3.05) is 0 Å². The van der Waals surface area contributed by atoms with Crippen LogP contribution in [0.1, 0.15) is 0 Å². The molecular formula is H3N43O. The first-order valence-corrected chi connectivity index (χ1v) is 8.66. The van der Waals surface area contributed by atoms with Gasteiger partial charge in [0, 0.05) is 178 Å². The second-order valence-corrected chi connectivity index (χ2v) is 3.78. The molecule has 0 aliphatic heterocycles. The Balaban J connectivity index is 4.03. The Bertz CT molecular complexity index is 1230. The minimum Gasteiger partial charge on any atom is -0.393 e. The van der Waals surface area contributed by atoms with Crippen LogP contribution in [-0.2, 0) is 0 Å². The van der Waals surface area contributed by atoms with E-state index in [1.807, 2.05) is 0 Å². The highest BCUT2D eigenvalue weighted by molar-refractivity contribution is 4.17. The predicted molar refractivity (Wildman–Crippen MR) is 108 cm³/mol. The zero-order chi connectivity index (χ0) is 31.7. The molecule has 224 valence electrons. The Morgan fingerprint density at radius 1 is 0.182 bits per heavy atom. The summed E-state index contributed by atoms with van der Waals surface area (Å²) in [6.45, 7) is 0. The molecule has 0 aromatic rings. The van der Waals surface area contributed by atoms with Gasteiger partial charge in [-0.05, 0) is 36.6 Å². The Labute approximate surface area is 231 Å². The third-order valence-electron chi connectivity index (χ3n) is 1.65. The average Bonchev–Trinajstić information content (AvgIpc) is 3.04. The summed E-state index contributed by atoms with van der Waals surface area (Å²) in [5.41, 5.74) is 0. The van der Waals surface area contributed by atoms with Crippen LogP contribution < -0.4 is 5.84 Å². The van der Waals surface area contributed by atoms with Gasteiger partial charge in [0.25, 0.3) is 0 Å². The second-order valence-electron chi connectivity index (χ2n) is 3.78. The summed E-state index contributed by atoms with van der Waals surface area (Å²) in [6.07, 6.45) is 0. The molecule has 3 N–H and O–H groups in total. The highest BCUT2D eigenvalue weighted by Gasteiger charge is 1.74. The van der Waals surface area contributed by atoms with Crippen LogP contribution in [0.3, 0.4) is 0 Å². The van der Waals surface area contributed by atoms with Gasteiger partial charge in [-0.1, -0.05) is 5.22 Å². The molecule has 44 heteroatoms. The second kappa shape index (κ2) is 34.2. The maximum atomic E-state index is 7.87. The van der Waals surface area contributed by atoms with E-state index in [0.29, 0.717) is 0 Å². The summed E-state index contributed by atoms with van der Waals surface area (Å²) in [6, 6.07) is 0. The van der Waals surface area contributed by atoms with Crippen LogP contribution in [-0.4, -0.2) is 5.21 Å². The van der Waals surface area contributed by atoms with E-state index < -0.39 is 0 Å². The third kappa shape index (κ3) is 33.2. The molecule has 0 amide bonds. The Hall–Kier alpha value is -8.80. The molecule has 0 aromatic carbocycles. The molecule has 0 aliphatic rings. The van der Waals surface area contributed by atoms with Crippen molar-refractivity contribution in [2.45, 2.75) is 0 Å². The van der Waals surface area contributed by atoms with Crippen molar-refractivity contribution in [1.29, 1.82) is 0 Å². The fourth-order valence-corrected chi connectivity index (χ4v) is 0.721. The molecule has 0 aromatic heterocycles. The van der Waals surface area contributed by atoms with Gasteiger partial charge < -0.3 is 11.0 Å². The Morgan fingerprint density at radius 2 is 0.295 bits per heavy atom. The largest absolute Gasteiger partial charge is 0.393 e. The van der Waals surface area contributed by atoms with Crippen molar-refractivity contribution in [2.24, 2.45) is 225 Å². The average molecular weight is 621 g/mol. The smallest absolute Gasteiger partial charge is 0.0466 e. The van der Waals surface area contributed by atoms with Crippen LogP contribution in [0.15, 0.2) is 219 Å². The minimum absolute atomic E-state index is 2.25. The van der Waals surface area contributed by atoms with Crippen LogP contribution in [0.2, 0.25) is 0 Å². The van der Waals surface area contributed by atoms with Crippen LogP contribution in [0, 0.1) is 0 Å². The number of rotatable bonds is 20. The SMILES string of the molecule is N/N=N/N=N/N=N/N=N/N=N/N=N/N=N/N=N/N=N/N=N/N=N/N=N/N=N/N=N/N=N/N=N/N=N/N=N/N=N/N=N/N=N/O. The van der Waals surface area contributed by atoms with Gasteiger partial charge in [0.05, 0.1) is 0 Å². The molecule has 0 fully saturated rings. The van der Waals surface area contributed by atoms with E-state index in [0.717, 1.165) is 0 Å². The highest BCUT2D eigenvalue weighted by Crippen LogP contribution is 1.92. The molecule has 0 rings (SSSR count). The zero-order valence-corrected chi connectivity index (χ0v) is 19.8. The molecule has 0 bridgehead atoms. The standard InChI is InChI=1S/H3N43O/c1-2-3-4-5-6-7-8-9-10-11-12-13-14-15-16-17-18-19-20-21-22-23-24-25-26-27-28-29-30-31-32-33-34-35-36-37-38-39-40-41-42-43-44/h(H2,1,3,5,7,9,11,13,15,17,19,21,23,25,27,29,31,33,35,37,39,41,43)(H,2,4,6,8,10,12,14,16,18,20,22,24,26,28,30,32,34,36,38,40,42,44). The Morgan fingerprint density at radius 3 is 0.409 bits per heavy atom. The maximum Gasteiger partial charge on any atom is 0.0466 e. The number of hydrogen-bond donors (Lipinski definition) is 2. The number of hydrogen-bond acceptors (Lipinski definition) is 2. The third-order valence-corrected chi connectivity index (χ3v) is 1.65. The molecule has 0 saturated heterocycles. The summed E-state index contributed by atoms with van der Waals surface area (Å²) >= 11 is 0. The van der Waals surface area contributed by atoms with Crippen LogP contribution in [0.4, 0.5) is 0 Å². The molecule has 0 heterocycles. The summed E-state index contributed by atoms with van der Waals surface area (Å²) in [4.78, 5) is 0. The van der Waals surface area contributed by atoms with Crippen LogP contribution in [0.25, 0.3) is 0 Å². The summed E-state index contributed by atoms with van der Waals surface area (Å²) in [5.74, 6) is 4.62. The molecule has 44 heavy (non-hydrogen) atoms. The van der Waals surface area contributed by atoms with Gasteiger partial charge in [-0.3, -0.25) is 0 Å². The van der Waals surface area contributed by atoms with E-state index >= 15 is 0 Å². The van der Waals surface area contributed by atoms with Crippen LogP contribution >= 0.6 is 0 Å². The lowest BCUT2D eigenvalue weighted by molar-refractivity contribution is 0.280. The summed E-state index contributed by atoms with van der Waals surface area (Å²) in [7, 11) is 0. The highest BCUT2D eigenvalue weighted by atomic mass is 16.5. The van der Waals surface area contributed by atoms with Crippen molar-refractivity contribution in [1.82, 2.24) is 0 Å². The molecule has 0 aliphatic carbocycles. The predicted octanol–water partition coefficient (Wildman–Crippen LogP) is 7.05.